The number of aromatic nitrogens is 2. The summed E-state index contributed by atoms with van der Waals surface area (Å²) in [5.74, 6) is 1.71. The summed E-state index contributed by atoms with van der Waals surface area (Å²) in [4.78, 5) is 4.84. The molecular formula is C20H25N3. The second-order valence-corrected chi connectivity index (χ2v) is 6.73. The first-order valence-electron chi connectivity index (χ1n) is 8.33. The first-order chi connectivity index (χ1) is 11.0. The van der Waals surface area contributed by atoms with Crippen LogP contribution in [0, 0.1) is 12.8 Å². The van der Waals surface area contributed by atoms with E-state index in [-0.39, 0.29) is 0 Å². The summed E-state index contributed by atoms with van der Waals surface area (Å²) in [6.07, 6.45) is 1.94. The number of imidazole rings is 1. The van der Waals surface area contributed by atoms with Crippen LogP contribution in [0.25, 0.3) is 11.0 Å². The first kappa shape index (κ1) is 15.6. The van der Waals surface area contributed by atoms with Crippen LogP contribution in [-0.2, 0) is 19.4 Å². The Bertz CT molecular complexity index is 798. The molecule has 0 radical (unpaired) electrons. The minimum Gasteiger partial charge on any atom is -0.397 e. The number of nitrogens with zero attached hydrogens (tertiary/aromatic N) is 2. The van der Waals surface area contributed by atoms with Crippen LogP contribution in [0.5, 0.6) is 0 Å². The van der Waals surface area contributed by atoms with Gasteiger partial charge in [-0.3, -0.25) is 0 Å². The Morgan fingerprint density at radius 1 is 1.04 bits per heavy atom. The lowest BCUT2D eigenvalue weighted by Crippen LogP contribution is -2.09. The summed E-state index contributed by atoms with van der Waals surface area (Å²) < 4.78 is 2.34. The number of fused-ring (bicyclic) bond motifs is 1. The minimum absolute atomic E-state index is 0.576. The van der Waals surface area contributed by atoms with Crippen LogP contribution >= 0.6 is 0 Å². The molecule has 0 aliphatic carbocycles. The van der Waals surface area contributed by atoms with E-state index in [1.54, 1.807) is 0 Å². The van der Waals surface area contributed by atoms with Crippen molar-refractivity contribution in [3.05, 3.63) is 59.4 Å². The molecule has 0 fully saturated rings. The Balaban J connectivity index is 1.92. The van der Waals surface area contributed by atoms with Gasteiger partial charge in [-0.25, -0.2) is 4.98 Å². The van der Waals surface area contributed by atoms with E-state index in [0.29, 0.717) is 5.92 Å². The van der Waals surface area contributed by atoms with Crippen LogP contribution in [0.4, 0.5) is 5.69 Å². The quantitative estimate of drug-likeness (QED) is 0.711. The zero-order valence-corrected chi connectivity index (χ0v) is 14.2. The van der Waals surface area contributed by atoms with Crippen LogP contribution in [0.1, 0.15) is 30.8 Å². The Labute approximate surface area is 138 Å². The number of nitrogen functional groups attached to an aromatic ring is 1. The number of anilines is 1. The number of aryl methyl sites for hydroxylation is 3. The molecule has 0 unspecified atom stereocenters. The second kappa shape index (κ2) is 6.45. The Morgan fingerprint density at radius 3 is 2.48 bits per heavy atom. The molecule has 0 saturated carbocycles. The van der Waals surface area contributed by atoms with Crippen molar-refractivity contribution in [2.45, 2.75) is 40.2 Å². The molecule has 0 bridgehead atoms. The van der Waals surface area contributed by atoms with Crippen molar-refractivity contribution in [1.82, 2.24) is 9.55 Å². The van der Waals surface area contributed by atoms with Gasteiger partial charge in [-0.2, -0.15) is 0 Å². The second-order valence-electron chi connectivity index (χ2n) is 6.73. The largest absolute Gasteiger partial charge is 0.397 e. The average Bonchev–Trinajstić information content (AvgIpc) is 2.86. The fourth-order valence-corrected chi connectivity index (χ4v) is 2.99. The molecule has 2 aromatic carbocycles. The van der Waals surface area contributed by atoms with Gasteiger partial charge < -0.3 is 10.3 Å². The third-order valence-electron chi connectivity index (χ3n) is 4.19. The van der Waals surface area contributed by atoms with Crippen molar-refractivity contribution in [1.29, 1.82) is 0 Å². The van der Waals surface area contributed by atoms with Gasteiger partial charge in [0.05, 0.1) is 11.2 Å². The molecule has 1 aromatic heterocycles. The molecule has 0 spiro atoms. The molecule has 2 N–H and O–H groups in total. The Kier molecular flexibility index (Phi) is 4.37. The summed E-state index contributed by atoms with van der Waals surface area (Å²) in [5.41, 5.74) is 11.6. The van der Waals surface area contributed by atoms with Gasteiger partial charge in [-0.15, -0.1) is 0 Å². The highest BCUT2D eigenvalue weighted by Crippen LogP contribution is 2.24. The molecule has 23 heavy (non-hydrogen) atoms. The predicted molar refractivity (Wildman–Crippen MR) is 97.6 cm³/mol. The van der Waals surface area contributed by atoms with E-state index >= 15 is 0 Å². The summed E-state index contributed by atoms with van der Waals surface area (Å²) >= 11 is 0. The third-order valence-corrected chi connectivity index (χ3v) is 4.19. The van der Waals surface area contributed by atoms with Crippen molar-refractivity contribution in [2.75, 3.05) is 5.73 Å². The fourth-order valence-electron chi connectivity index (χ4n) is 2.99. The van der Waals surface area contributed by atoms with Crippen molar-refractivity contribution in [3.63, 3.8) is 0 Å². The van der Waals surface area contributed by atoms with E-state index in [2.05, 4.69) is 55.7 Å². The summed E-state index contributed by atoms with van der Waals surface area (Å²) in [6.45, 7) is 7.57. The number of hydrogen-bond donors (Lipinski definition) is 1. The molecule has 0 amide bonds. The molecule has 3 rings (SSSR count). The maximum atomic E-state index is 6.12. The van der Waals surface area contributed by atoms with Crippen LogP contribution in [0.2, 0.25) is 0 Å². The predicted octanol–water partition coefficient (Wildman–Crippen LogP) is 4.37. The maximum Gasteiger partial charge on any atom is 0.112 e. The summed E-state index contributed by atoms with van der Waals surface area (Å²) in [6, 6.07) is 14.8. The van der Waals surface area contributed by atoms with Crippen molar-refractivity contribution in [2.24, 2.45) is 5.92 Å². The molecule has 0 atom stereocenters. The highest BCUT2D eigenvalue weighted by molar-refractivity contribution is 5.87. The standard InChI is InChI=1S/C20H25N3/c1-14(2)13-23-18-6-4-5-17(21)20(18)22-19(23)12-11-16-9-7-15(3)8-10-16/h4-10,14H,11-13,21H2,1-3H3. The van der Waals surface area contributed by atoms with Crippen LogP contribution in [0.15, 0.2) is 42.5 Å². The monoisotopic (exact) mass is 307 g/mol. The van der Waals surface area contributed by atoms with Crippen molar-refractivity contribution >= 4 is 16.7 Å². The zero-order valence-electron chi connectivity index (χ0n) is 14.2. The van der Waals surface area contributed by atoms with E-state index in [1.807, 2.05) is 12.1 Å². The third kappa shape index (κ3) is 3.39. The van der Waals surface area contributed by atoms with Gasteiger partial charge >= 0.3 is 0 Å². The number of hydrogen-bond acceptors (Lipinski definition) is 2. The van der Waals surface area contributed by atoms with E-state index in [0.717, 1.165) is 41.9 Å². The van der Waals surface area contributed by atoms with Crippen LogP contribution < -0.4 is 5.73 Å². The SMILES string of the molecule is Cc1ccc(CCc2nc3c(N)cccc3n2CC(C)C)cc1. The number of para-hydroxylation sites is 1. The van der Waals surface area contributed by atoms with E-state index in [9.17, 15) is 0 Å². The topological polar surface area (TPSA) is 43.8 Å². The lowest BCUT2D eigenvalue weighted by atomic mass is 10.1. The van der Waals surface area contributed by atoms with Crippen molar-refractivity contribution in [3.8, 4) is 0 Å². The smallest absolute Gasteiger partial charge is 0.112 e. The van der Waals surface area contributed by atoms with Gasteiger partial charge in [-0.05, 0) is 37.0 Å². The molecule has 120 valence electrons. The highest BCUT2D eigenvalue weighted by Gasteiger charge is 2.13. The van der Waals surface area contributed by atoms with Gasteiger partial charge in [0, 0.05) is 13.0 Å². The molecule has 0 aliphatic heterocycles. The lowest BCUT2D eigenvalue weighted by molar-refractivity contribution is 0.516. The van der Waals surface area contributed by atoms with E-state index < -0.39 is 0 Å². The Morgan fingerprint density at radius 2 is 1.78 bits per heavy atom. The van der Waals surface area contributed by atoms with Gasteiger partial charge in [0.25, 0.3) is 0 Å². The number of rotatable bonds is 5. The number of nitrogens with two attached hydrogens (primary N) is 1. The molecule has 3 aromatic rings. The van der Waals surface area contributed by atoms with Gasteiger partial charge in [0.15, 0.2) is 0 Å². The zero-order chi connectivity index (χ0) is 16.4. The summed E-state index contributed by atoms with van der Waals surface area (Å²) in [7, 11) is 0. The number of benzene rings is 2. The van der Waals surface area contributed by atoms with Gasteiger partial charge in [0.2, 0.25) is 0 Å². The van der Waals surface area contributed by atoms with Crippen molar-refractivity contribution < 1.29 is 0 Å². The molecule has 3 heteroatoms. The normalized spacial score (nSPS) is 11.5. The van der Waals surface area contributed by atoms with Gasteiger partial charge in [0.1, 0.15) is 11.3 Å². The molecule has 1 heterocycles. The minimum atomic E-state index is 0.576. The molecule has 0 saturated heterocycles. The lowest BCUT2D eigenvalue weighted by Gasteiger charge is -2.12. The maximum absolute atomic E-state index is 6.12. The van der Waals surface area contributed by atoms with Crippen LogP contribution in [0.3, 0.4) is 0 Å². The average molecular weight is 307 g/mol. The summed E-state index contributed by atoms with van der Waals surface area (Å²) in [5, 5.41) is 0. The molecule has 3 nitrogen and oxygen atoms in total. The molecule has 0 aliphatic rings. The van der Waals surface area contributed by atoms with Crippen LogP contribution in [-0.4, -0.2) is 9.55 Å². The highest BCUT2D eigenvalue weighted by atomic mass is 15.1. The van der Waals surface area contributed by atoms with Gasteiger partial charge in [-0.1, -0.05) is 49.7 Å². The molecular weight excluding hydrogens is 282 g/mol. The van der Waals surface area contributed by atoms with E-state index in [4.69, 9.17) is 10.7 Å². The van der Waals surface area contributed by atoms with E-state index in [1.165, 1.54) is 11.1 Å². The Hall–Kier alpha value is -2.29. The fraction of sp³-hybridized carbons (Fsp3) is 0.350. The first-order valence-corrected chi connectivity index (χ1v) is 8.33.